The summed E-state index contributed by atoms with van der Waals surface area (Å²) in [6, 6.07) is 0. The molecule has 0 aromatic rings. The molecule has 5 aliphatic rings. The van der Waals surface area contributed by atoms with Gasteiger partial charge in [0.05, 0.1) is 0 Å². The van der Waals surface area contributed by atoms with E-state index < -0.39 is 0 Å². The van der Waals surface area contributed by atoms with E-state index in [1.54, 1.807) is 51.4 Å². The average molecular weight is 305 g/mol. The molecule has 118 valence electrons. The molecule has 0 N–H and O–H groups in total. The molecule has 5 fully saturated rings. The minimum absolute atomic E-state index is 0.719. The quantitative estimate of drug-likeness (QED) is 0.502. The number of fused-ring (bicyclic) bond motifs is 6. The molecule has 1 aliphatic heterocycles. The molecule has 0 unspecified atom stereocenters. The Balaban J connectivity index is 1.48. The molecule has 1 spiro atoms. The van der Waals surface area contributed by atoms with E-state index in [0.29, 0.717) is 0 Å². The van der Waals surface area contributed by atoms with Crippen LogP contribution < -0.4 is 0 Å². The van der Waals surface area contributed by atoms with Gasteiger partial charge >= 0.3 is 0 Å². The fourth-order valence-corrected chi connectivity index (χ4v) is 9.44. The molecule has 0 amide bonds. The zero-order chi connectivity index (χ0) is 14.3. The first-order valence-electron chi connectivity index (χ1n) is 9.73. The highest BCUT2D eigenvalue weighted by Crippen LogP contribution is 2.75. The molecule has 5 rings (SSSR count). The van der Waals surface area contributed by atoms with Gasteiger partial charge in [-0.3, -0.25) is 0 Å². The van der Waals surface area contributed by atoms with Crippen LogP contribution in [0.15, 0.2) is 0 Å². The van der Waals surface area contributed by atoms with E-state index >= 15 is 0 Å². The van der Waals surface area contributed by atoms with E-state index in [0.717, 1.165) is 39.2 Å². The summed E-state index contributed by atoms with van der Waals surface area (Å²) in [4.78, 5) is 0. The summed E-state index contributed by atoms with van der Waals surface area (Å²) in [5.41, 5.74) is 1.45. The van der Waals surface area contributed by atoms with Crippen LogP contribution in [-0.2, 0) is 0 Å². The van der Waals surface area contributed by atoms with Gasteiger partial charge in [-0.25, -0.2) is 0 Å². The minimum atomic E-state index is 0.719. The van der Waals surface area contributed by atoms with E-state index in [1.807, 2.05) is 0 Å². The van der Waals surface area contributed by atoms with Crippen LogP contribution in [0.25, 0.3) is 0 Å². The van der Waals surface area contributed by atoms with Crippen molar-refractivity contribution in [3.05, 3.63) is 0 Å². The third-order valence-corrected chi connectivity index (χ3v) is 11.0. The summed E-state index contributed by atoms with van der Waals surface area (Å²) in [7, 11) is 0. The van der Waals surface area contributed by atoms with Crippen molar-refractivity contribution in [3.8, 4) is 0 Å². The maximum Gasteiger partial charge on any atom is 0.0307 e. The van der Waals surface area contributed by atoms with Crippen LogP contribution in [0.5, 0.6) is 0 Å². The zero-order valence-corrected chi connectivity index (χ0v) is 14.8. The molecule has 1 saturated heterocycles. The van der Waals surface area contributed by atoms with Gasteiger partial charge in [0.15, 0.2) is 0 Å². The second-order valence-electron chi connectivity index (χ2n) is 9.68. The van der Waals surface area contributed by atoms with Crippen LogP contribution in [0, 0.1) is 34.5 Å². The van der Waals surface area contributed by atoms with E-state index in [-0.39, 0.29) is 0 Å². The van der Waals surface area contributed by atoms with Gasteiger partial charge in [0, 0.05) is 10.5 Å². The third-order valence-electron chi connectivity index (χ3n) is 9.37. The van der Waals surface area contributed by atoms with Crippen LogP contribution in [0.4, 0.5) is 0 Å². The molecule has 4 saturated carbocycles. The summed E-state index contributed by atoms with van der Waals surface area (Å²) in [5, 5.41) is 0. The number of hydrogen-bond acceptors (Lipinski definition) is 1. The maximum absolute atomic E-state index is 2.72. The van der Waals surface area contributed by atoms with Gasteiger partial charge in [-0.1, -0.05) is 26.7 Å². The van der Waals surface area contributed by atoms with Gasteiger partial charge in [-0.15, -0.1) is 0 Å². The molecule has 7 atom stereocenters. The summed E-state index contributed by atoms with van der Waals surface area (Å²) in [6.45, 7) is 5.42. The van der Waals surface area contributed by atoms with Crippen molar-refractivity contribution in [2.45, 2.75) is 82.8 Å². The summed E-state index contributed by atoms with van der Waals surface area (Å²) < 4.78 is 0.757. The summed E-state index contributed by atoms with van der Waals surface area (Å²) in [6.07, 6.45) is 15.6. The van der Waals surface area contributed by atoms with Gasteiger partial charge < -0.3 is 0 Å². The van der Waals surface area contributed by atoms with Crippen molar-refractivity contribution in [2.75, 3.05) is 5.75 Å². The third kappa shape index (κ3) is 1.60. The first-order chi connectivity index (χ1) is 10.1. The second kappa shape index (κ2) is 4.25. The van der Waals surface area contributed by atoms with E-state index in [1.165, 1.54) is 18.6 Å². The Morgan fingerprint density at radius 2 is 1.62 bits per heavy atom. The maximum atomic E-state index is 2.72. The van der Waals surface area contributed by atoms with Crippen LogP contribution in [0.1, 0.15) is 78.1 Å². The topological polar surface area (TPSA) is 0 Å². The number of hydrogen-bond donors (Lipinski definition) is 0. The lowest BCUT2D eigenvalue weighted by Crippen LogP contribution is -2.53. The van der Waals surface area contributed by atoms with Crippen LogP contribution >= 0.6 is 11.8 Å². The van der Waals surface area contributed by atoms with Crippen LogP contribution in [-0.4, -0.2) is 10.5 Å². The Kier molecular flexibility index (Phi) is 2.78. The highest BCUT2D eigenvalue weighted by atomic mass is 32.2. The van der Waals surface area contributed by atoms with Gasteiger partial charge in [0.2, 0.25) is 0 Å². The standard InChI is InChI=1S/C20H32S/c1-18-10-4-3-5-14(18)6-7-15-16(18)8-11-19(2)17(15)9-12-20(19)13-21-20/h14-17H,3-13H2,1-2H3/t14-,15+,16-,17+,18-,19-,20-/m0/s1. The Labute approximate surface area is 135 Å². The summed E-state index contributed by atoms with van der Waals surface area (Å²) in [5.74, 6) is 5.86. The van der Waals surface area contributed by atoms with Gasteiger partial charge in [-0.05, 0) is 85.9 Å². The predicted molar refractivity (Wildman–Crippen MR) is 91.5 cm³/mol. The SMILES string of the molecule is C[C@]12CCCC[C@H]1CC[C@H]1[C@H]3CC[C@]4(CS4)[C@@]3(C)CC[C@@H]12. The Hall–Kier alpha value is 0.350. The molecule has 0 aromatic heterocycles. The summed E-state index contributed by atoms with van der Waals surface area (Å²) >= 11 is 2.32. The van der Waals surface area contributed by atoms with E-state index in [2.05, 4.69) is 25.6 Å². The average Bonchev–Trinajstić information content (AvgIpc) is 3.20. The van der Waals surface area contributed by atoms with Crippen molar-refractivity contribution in [1.82, 2.24) is 0 Å². The lowest BCUT2D eigenvalue weighted by atomic mass is 9.45. The molecule has 0 bridgehead atoms. The molecule has 4 aliphatic carbocycles. The first-order valence-corrected chi connectivity index (χ1v) is 10.7. The van der Waals surface area contributed by atoms with Gasteiger partial charge in [0.1, 0.15) is 0 Å². The molecule has 0 radical (unpaired) electrons. The molecule has 1 heterocycles. The zero-order valence-electron chi connectivity index (χ0n) is 14.0. The van der Waals surface area contributed by atoms with Crippen molar-refractivity contribution in [3.63, 3.8) is 0 Å². The number of rotatable bonds is 0. The highest BCUT2D eigenvalue weighted by molar-refractivity contribution is 8.08. The lowest BCUT2D eigenvalue weighted by molar-refractivity contribution is -0.105. The normalized spacial score (nSPS) is 62.0. The van der Waals surface area contributed by atoms with E-state index in [4.69, 9.17) is 0 Å². The fraction of sp³-hybridized carbons (Fsp3) is 1.00. The predicted octanol–water partition coefficient (Wildman–Crippen LogP) is 5.90. The lowest BCUT2D eigenvalue weighted by Gasteiger charge is -2.60. The van der Waals surface area contributed by atoms with Crippen molar-refractivity contribution in [1.29, 1.82) is 0 Å². The molecule has 21 heavy (non-hydrogen) atoms. The molecule has 1 heteroatoms. The van der Waals surface area contributed by atoms with E-state index in [9.17, 15) is 0 Å². The Morgan fingerprint density at radius 1 is 0.810 bits per heavy atom. The smallest absolute Gasteiger partial charge is 0.0307 e. The Morgan fingerprint density at radius 3 is 2.43 bits per heavy atom. The fourth-order valence-electron chi connectivity index (χ4n) is 7.95. The highest BCUT2D eigenvalue weighted by Gasteiger charge is 2.68. The van der Waals surface area contributed by atoms with Gasteiger partial charge in [0.25, 0.3) is 0 Å². The monoisotopic (exact) mass is 304 g/mol. The largest absolute Gasteiger partial charge is 0.152 e. The first kappa shape index (κ1) is 13.8. The molecular weight excluding hydrogens is 272 g/mol. The van der Waals surface area contributed by atoms with Crippen molar-refractivity contribution < 1.29 is 0 Å². The molecule has 0 nitrogen and oxygen atoms in total. The Bertz CT molecular complexity index is 453. The van der Waals surface area contributed by atoms with Crippen molar-refractivity contribution in [2.24, 2.45) is 34.5 Å². The van der Waals surface area contributed by atoms with Crippen LogP contribution in [0.2, 0.25) is 0 Å². The molecular formula is C20H32S. The van der Waals surface area contributed by atoms with Crippen molar-refractivity contribution >= 4 is 11.8 Å². The molecule has 0 aromatic carbocycles. The van der Waals surface area contributed by atoms with Crippen LogP contribution in [0.3, 0.4) is 0 Å². The van der Waals surface area contributed by atoms with Gasteiger partial charge in [-0.2, -0.15) is 11.8 Å². The number of thioether (sulfide) groups is 1. The minimum Gasteiger partial charge on any atom is -0.152 e. The second-order valence-corrected chi connectivity index (χ2v) is 11.0.